The largest absolute Gasteiger partial charge is 0.366 e. The fraction of sp³-hybridized carbons (Fsp3) is 0.435. The molecule has 0 aliphatic heterocycles. The third-order valence-electron chi connectivity index (χ3n) is 7.55. The first-order valence-corrected chi connectivity index (χ1v) is 10.9. The van der Waals surface area contributed by atoms with E-state index in [0.717, 1.165) is 38.5 Å². The maximum absolute atomic E-state index is 14.3. The van der Waals surface area contributed by atoms with Gasteiger partial charge in [0.2, 0.25) is 5.95 Å². The van der Waals surface area contributed by atoms with Crippen molar-refractivity contribution in [1.82, 2.24) is 19.1 Å². The lowest BCUT2D eigenvalue weighted by molar-refractivity contribution is 0.0350. The molecule has 3 fully saturated rings. The number of nitriles is 1. The Balaban J connectivity index is 1.57. The van der Waals surface area contributed by atoms with E-state index in [1.807, 2.05) is 0 Å². The number of hydrogen-bond acceptors (Lipinski definition) is 6. The molecule has 2 heterocycles. The predicted molar refractivity (Wildman–Crippen MR) is 119 cm³/mol. The van der Waals surface area contributed by atoms with Crippen molar-refractivity contribution in [1.29, 1.82) is 5.26 Å². The minimum Gasteiger partial charge on any atom is -0.366 e. The quantitative estimate of drug-likeness (QED) is 0.629. The highest BCUT2D eigenvalue weighted by atomic mass is 19.1. The Morgan fingerprint density at radius 1 is 1.24 bits per heavy atom. The lowest BCUT2D eigenvalue weighted by Crippen LogP contribution is -2.50. The average molecular weight is 449 g/mol. The molecular weight excluding hydrogens is 425 g/mol. The standard InChI is InChI=1S/C23H24FN7O2/c1-13-9-14(18(26)32)15(24)10-16(13)28-20-27-11-17-19(29-20)31(21(33)30(17)2)23-6-3-22(12-25,4-7-23)5-8-23/h9-11H,3-8H2,1-2H3,(H2,26,32)(H,27,28,29). The molecule has 2 bridgehead atoms. The number of benzene rings is 1. The number of hydrogen-bond donors (Lipinski definition) is 2. The Morgan fingerprint density at radius 2 is 1.91 bits per heavy atom. The lowest BCUT2D eigenvalue weighted by atomic mass is 9.58. The van der Waals surface area contributed by atoms with Crippen molar-refractivity contribution in [2.24, 2.45) is 18.2 Å². The highest BCUT2D eigenvalue weighted by Crippen LogP contribution is 2.55. The summed E-state index contributed by atoms with van der Waals surface area (Å²) in [5.41, 5.74) is 6.36. The van der Waals surface area contributed by atoms with Gasteiger partial charge in [-0.1, -0.05) is 0 Å². The van der Waals surface area contributed by atoms with E-state index in [0.29, 0.717) is 22.4 Å². The molecule has 10 heteroatoms. The number of carbonyl (C=O) groups excluding carboxylic acids is 1. The van der Waals surface area contributed by atoms with Crippen LogP contribution in [0.25, 0.3) is 11.2 Å². The number of rotatable bonds is 4. The number of nitrogens with two attached hydrogens (primary N) is 1. The maximum atomic E-state index is 14.3. The van der Waals surface area contributed by atoms with Crippen LogP contribution >= 0.6 is 0 Å². The first-order valence-electron chi connectivity index (χ1n) is 10.9. The summed E-state index contributed by atoms with van der Waals surface area (Å²) in [7, 11) is 1.70. The summed E-state index contributed by atoms with van der Waals surface area (Å²) in [5, 5.41) is 12.6. The molecule has 33 heavy (non-hydrogen) atoms. The van der Waals surface area contributed by atoms with Crippen LogP contribution in [-0.4, -0.2) is 25.0 Å². The van der Waals surface area contributed by atoms with Crippen LogP contribution in [0.1, 0.15) is 54.4 Å². The van der Waals surface area contributed by atoms with E-state index in [4.69, 9.17) is 5.73 Å². The molecule has 1 aromatic carbocycles. The highest BCUT2D eigenvalue weighted by Gasteiger charge is 2.51. The third kappa shape index (κ3) is 3.10. The smallest absolute Gasteiger partial charge is 0.330 e. The summed E-state index contributed by atoms with van der Waals surface area (Å²) >= 11 is 0. The van der Waals surface area contributed by atoms with E-state index in [2.05, 4.69) is 21.4 Å². The number of imidazole rings is 1. The molecule has 1 amide bonds. The number of primary amides is 1. The number of amides is 1. The van der Waals surface area contributed by atoms with Gasteiger partial charge in [0.05, 0.1) is 28.8 Å². The molecule has 3 N–H and O–H groups in total. The van der Waals surface area contributed by atoms with Gasteiger partial charge >= 0.3 is 5.69 Å². The SMILES string of the molecule is Cc1cc(C(N)=O)c(F)cc1Nc1ncc2c(n1)n(C13CCC(C#N)(CC1)CC3)c(=O)n2C. The molecule has 0 atom stereocenters. The summed E-state index contributed by atoms with van der Waals surface area (Å²) in [6.45, 7) is 1.72. The van der Waals surface area contributed by atoms with Crippen LogP contribution in [0.15, 0.2) is 23.1 Å². The zero-order valence-corrected chi connectivity index (χ0v) is 18.5. The van der Waals surface area contributed by atoms with Crippen LogP contribution in [0.2, 0.25) is 0 Å². The lowest BCUT2D eigenvalue weighted by Gasteiger charge is -2.50. The first kappa shape index (κ1) is 21.1. The zero-order chi connectivity index (χ0) is 23.5. The van der Waals surface area contributed by atoms with Gasteiger partial charge in [-0.2, -0.15) is 10.2 Å². The Bertz CT molecular complexity index is 1390. The van der Waals surface area contributed by atoms with Crippen molar-refractivity contribution in [3.05, 3.63) is 45.8 Å². The van der Waals surface area contributed by atoms with Crippen molar-refractivity contribution in [2.45, 2.75) is 51.0 Å². The molecule has 3 aromatic rings. The van der Waals surface area contributed by atoms with E-state index in [-0.39, 0.29) is 28.2 Å². The molecule has 170 valence electrons. The fourth-order valence-corrected chi connectivity index (χ4v) is 5.39. The zero-order valence-electron chi connectivity index (χ0n) is 18.5. The molecule has 0 radical (unpaired) electrons. The second-order valence-corrected chi connectivity index (χ2v) is 9.33. The van der Waals surface area contributed by atoms with E-state index in [1.165, 1.54) is 12.1 Å². The molecule has 2 aromatic heterocycles. The molecular formula is C23H24FN7O2. The monoisotopic (exact) mass is 449 g/mol. The van der Waals surface area contributed by atoms with Gasteiger partial charge in [-0.05, 0) is 63.1 Å². The van der Waals surface area contributed by atoms with Gasteiger partial charge in [-0.3, -0.25) is 13.9 Å². The number of fused-ring (bicyclic) bond motifs is 4. The van der Waals surface area contributed by atoms with E-state index in [1.54, 1.807) is 29.3 Å². The molecule has 0 saturated heterocycles. The van der Waals surface area contributed by atoms with Gasteiger partial charge in [0.15, 0.2) is 5.65 Å². The summed E-state index contributed by atoms with van der Waals surface area (Å²) < 4.78 is 17.6. The molecule has 3 aliphatic carbocycles. The first-order chi connectivity index (χ1) is 15.7. The topological polar surface area (TPSA) is 132 Å². The van der Waals surface area contributed by atoms with Crippen molar-refractivity contribution in [2.75, 3.05) is 5.32 Å². The second kappa shape index (κ2) is 7.13. The molecule has 0 spiro atoms. The van der Waals surface area contributed by atoms with Gasteiger partial charge in [0, 0.05) is 12.7 Å². The summed E-state index contributed by atoms with van der Waals surface area (Å²) in [6, 6.07) is 5.06. The van der Waals surface area contributed by atoms with E-state index >= 15 is 0 Å². The number of nitrogens with one attached hydrogen (secondary N) is 1. The van der Waals surface area contributed by atoms with Crippen LogP contribution in [-0.2, 0) is 12.6 Å². The van der Waals surface area contributed by atoms with E-state index < -0.39 is 11.7 Å². The highest BCUT2D eigenvalue weighted by molar-refractivity contribution is 5.94. The van der Waals surface area contributed by atoms with Crippen LogP contribution in [0, 0.1) is 29.5 Å². The van der Waals surface area contributed by atoms with Crippen LogP contribution in [0.3, 0.4) is 0 Å². The van der Waals surface area contributed by atoms with Crippen LogP contribution in [0.4, 0.5) is 16.0 Å². The number of aryl methyl sites for hydroxylation is 2. The van der Waals surface area contributed by atoms with Gasteiger partial charge < -0.3 is 11.1 Å². The number of aromatic nitrogens is 4. The van der Waals surface area contributed by atoms with E-state index in [9.17, 15) is 19.2 Å². The number of nitrogens with zero attached hydrogens (tertiary/aromatic N) is 5. The summed E-state index contributed by atoms with van der Waals surface area (Å²) in [5.74, 6) is -1.36. The summed E-state index contributed by atoms with van der Waals surface area (Å²) in [6.07, 6.45) is 6.16. The molecule has 0 unspecified atom stereocenters. The molecule has 6 rings (SSSR count). The second-order valence-electron chi connectivity index (χ2n) is 9.33. The van der Waals surface area contributed by atoms with Crippen molar-refractivity contribution in [3.63, 3.8) is 0 Å². The molecule has 3 aliphatic rings. The Labute approximate surface area is 189 Å². The molecule has 9 nitrogen and oxygen atoms in total. The number of carbonyl (C=O) groups is 1. The Kier molecular flexibility index (Phi) is 4.57. The minimum atomic E-state index is -0.840. The number of halogens is 1. The fourth-order valence-electron chi connectivity index (χ4n) is 5.39. The average Bonchev–Trinajstić information content (AvgIpc) is 3.07. The number of anilines is 2. The van der Waals surface area contributed by atoms with Gasteiger partial charge in [0.25, 0.3) is 5.91 Å². The third-order valence-corrected chi connectivity index (χ3v) is 7.55. The normalized spacial score (nSPS) is 24.1. The molecule has 3 saturated carbocycles. The van der Waals surface area contributed by atoms with Gasteiger partial charge in [-0.25, -0.2) is 14.2 Å². The van der Waals surface area contributed by atoms with Crippen molar-refractivity contribution in [3.8, 4) is 6.07 Å². The Morgan fingerprint density at radius 3 is 2.52 bits per heavy atom. The maximum Gasteiger partial charge on any atom is 0.330 e. The van der Waals surface area contributed by atoms with Crippen LogP contribution < -0.4 is 16.7 Å². The minimum absolute atomic E-state index is 0.157. The Hall–Kier alpha value is -3.74. The van der Waals surface area contributed by atoms with Gasteiger partial charge in [-0.15, -0.1) is 0 Å². The summed E-state index contributed by atoms with van der Waals surface area (Å²) in [4.78, 5) is 33.6. The van der Waals surface area contributed by atoms with Crippen LogP contribution in [0.5, 0.6) is 0 Å². The van der Waals surface area contributed by atoms with Crippen molar-refractivity contribution < 1.29 is 9.18 Å². The predicted octanol–water partition coefficient (Wildman–Crippen LogP) is 2.99. The van der Waals surface area contributed by atoms with Crippen molar-refractivity contribution >= 4 is 28.7 Å². The van der Waals surface area contributed by atoms with Gasteiger partial charge in [0.1, 0.15) is 11.3 Å².